The zero-order valence-electron chi connectivity index (χ0n) is 14.5. The summed E-state index contributed by atoms with van der Waals surface area (Å²) in [5.41, 5.74) is 9.44. The number of nitrogens with two attached hydrogens (primary N) is 1. The van der Waals surface area contributed by atoms with E-state index in [1.807, 2.05) is 37.3 Å². The first-order valence-corrected chi connectivity index (χ1v) is 8.12. The van der Waals surface area contributed by atoms with Crippen LogP contribution in [0.2, 0.25) is 0 Å². The summed E-state index contributed by atoms with van der Waals surface area (Å²) in [6, 6.07) is 11.6. The Morgan fingerprint density at radius 2 is 1.92 bits per heavy atom. The van der Waals surface area contributed by atoms with Gasteiger partial charge in [-0.15, -0.1) is 0 Å². The highest BCUT2D eigenvalue weighted by molar-refractivity contribution is 6.03. The topological polar surface area (TPSA) is 111 Å². The maximum Gasteiger partial charge on any atom is 0.320 e. The molecule has 2 aromatic carbocycles. The van der Waals surface area contributed by atoms with E-state index in [9.17, 15) is 20.0 Å². The molecule has 0 spiro atoms. The van der Waals surface area contributed by atoms with E-state index in [1.165, 1.54) is 6.07 Å². The summed E-state index contributed by atoms with van der Waals surface area (Å²) in [4.78, 5) is 22.4. The van der Waals surface area contributed by atoms with Crippen LogP contribution < -0.4 is 5.73 Å². The summed E-state index contributed by atoms with van der Waals surface area (Å²) in [5.74, 6) is -1.10. The van der Waals surface area contributed by atoms with Crippen molar-refractivity contribution < 1.29 is 14.8 Å². The maximum atomic E-state index is 11.5. The number of benzene rings is 2. The molecule has 0 aliphatic carbocycles. The Morgan fingerprint density at radius 1 is 1.27 bits per heavy atom. The molecule has 3 aromatic rings. The summed E-state index contributed by atoms with van der Waals surface area (Å²) in [7, 11) is 1.75. The SMILES string of the molecule is Cc1c(CC(N)C(=O)O)c2c(-c3ccccc3)ccc([N+](=O)[O-])c2n1C. The van der Waals surface area contributed by atoms with Gasteiger partial charge in [-0.1, -0.05) is 30.3 Å². The van der Waals surface area contributed by atoms with E-state index in [4.69, 9.17) is 5.73 Å². The normalized spacial score (nSPS) is 12.3. The van der Waals surface area contributed by atoms with Crippen LogP contribution in [-0.4, -0.2) is 26.6 Å². The first kappa shape index (κ1) is 17.6. The van der Waals surface area contributed by atoms with E-state index in [-0.39, 0.29) is 12.1 Å². The lowest BCUT2D eigenvalue weighted by Gasteiger charge is -2.10. The number of carboxylic acid groups (broad SMARTS) is 1. The summed E-state index contributed by atoms with van der Waals surface area (Å²) >= 11 is 0. The van der Waals surface area contributed by atoms with Crippen LogP contribution in [-0.2, 0) is 18.3 Å². The highest BCUT2D eigenvalue weighted by atomic mass is 16.6. The van der Waals surface area contributed by atoms with Gasteiger partial charge in [0.05, 0.1) is 4.92 Å². The summed E-state index contributed by atoms with van der Waals surface area (Å²) in [6.07, 6.45) is 0.0967. The molecule has 0 aliphatic heterocycles. The largest absolute Gasteiger partial charge is 0.480 e. The number of aliphatic carboxylic acids is 1. The Morgan fingerprint density at radius 3 is 2.50 bits per heavy atom. The maximum absolute atomic E-state index is 11.5. The molecule has 0 bridgehead atoms. The fourth-order valence-corrected chi connectivity index (χ4v) is 3.34. The van der Waals surface area contributed by atoms with Gasteiger partial charge in [0.1, 0.15) is 11.6 Å². The van der Waals surface area contributed by atoms with E-state index in [2.05, 4.69) is 0 Å². The molecule has 1 aromatic heterocycles. The zero-order chi connectivity index (χ0) is 19.0. The van der Waals surface area contributed by atoms with Crippen LogP contribution in [0.15, 0.2) is 42.5 Å². The predicted molar refractivity (Wildman–Crippen MR) is 99.1 cm³/mol. The minimum absolute atomic E-state index is 0.0135. The molecule has 3 rings (SSSR count). The number of aromatic nitrogens is 1. The van der Waals surface area contributed by atoms with Crippen LogP contribution in [0, 0.1) is 17.0 Å². The van der Waals surface area contributed by atoms with Gasteiger partial charge in [-0.2, -0.15) is 0 Å². The lowest BCUT2D eigenvalue weighted by atomic mass is 9.95. The van der Waals surface area contributed by atoms with E-state index in [1.54, 1.807) is 17.7 Å². The van der Waals surface area contributed by atoms with Gasteiger partial charge in [-0.3, -0.25) is 14.9 Å². The number of nitrogens with zero attached hydrogens (tertiary/aromatic N) is 2. The number of nitro benzene ring substituents is 1. The van der Waals surface area contributed by atoms with Crippen LogP contribution in [0.1, 0.15) is 11.3 Å². The Balaban J connectivity index is 2.39. The van der Waals surface area contributed by atoms with Gasteiger partial charge in [-0.05, 0) is 29.7 Å². The molecule has 0 aliphatic rings. The number of non-ortho nitro benzene ring substituents is 1. The van der Waals surface area contributed by atoms with Crippen LogP contribution in [0.25, 0.3) is 22.0 Å². The molecule has 7 nitrogen and oxygen atoms in total. The predicted octanol–water partition coefficient (Wildman–Crippen LogP) is 3.02. The first-order chi connectivity index (χ1) is 12.3. The molecule has 1 heterocycles. The third kappa shape index (κ3) is 2.82. The molecule has 26 heavy (non-hydrogen) atoms. The standard InChI is InChI=1S/C19H19N3O4/c1-11-14(10-15(20)19(23)24)17-13(12-6-4-3-5-7-12)8-9-16(22(25)26)18(17)21(11)2/h3-9,15H,10,20H2,1-2H3,(H,23,24). The van der Waals surface area contributed by atoms with Gasteiger partial charge in [0.25, 0.3) is 5.69 Å². The van der Waals surface area contributed by atoms with Crippen molar-refractivity contribution in [3.05, 3.63) is 63.8 Å². The molecular weight excluding hydrogens is 334 g/mol. The Labute approximate surface area is 149 Å². The smallest absolute Gasteiger partial charge is 0.320 e. The second kappa shape index (κ2) is 6.61. The van der Waals surface area contributed by atoms with Crippen LogP contribution in [0.5, 0.6) is 0 Å². The molecule has 0 amide bonds. The average Bonchev–Trinajstić information content (AvgIpc) is 2.87. The highest BCUT2D eigenvalue weighted by Crippen LogP contribution is 2.39. The fraction of sp³-hybridized carbons (Fsp3) is 0.211. The molecule has 0 fully saturated rings. The number of carboxylic acids is 1. The Kier molecular flexibility index (Phi) is 4.48. The highest BCUT2D eigenvalue weighted by Gasteiger charge is 2.26. The summed E-state index contributed by atoms with van der Waals surface area (Å²) < 4.78 is 1.74. The number of fused-ring (bicyclic) bond motifs is 1. The zero-order valence-corrected chi connectivity index (χ0v) is 14.5. The minimum atomic E-state index is -1.10. The second-order valence-corrected chi connectivity index (χ2v) is 6.25. The van der Waals surface area contributed by atoms with E-state index >= 15 is 0 Å². The number of aryl methyl sites for hydroxylation is 1. The van der Waals surface area contributed by atoms with Gasteiger partial charge in [-0.25, -0.2) is 0 Å². The molecule has 134 valence electrons. The number of carbonyl (C=O) groups is 1. The van der Waals surface area contributed by atoms with Crippen LogP contribution in [0.4, 0.5) is 5.69 Å². The van der Waals surface area contributed by atoms with Crippen molar-refractivity contribution in [3.63, 3.8) is 0 Å². The van der Waals surface area contributed by atoms with E-state index in [0.29, 0.717) is 10.9 Å². The average molecular weight is 353 g/mol. The van der Waals surface area contributed by atoms with Gasteiger partial charge >= 0.3 is 5.97 Å². The molecule has 7 heteroatoms. The van der Waals surface area contributed by atoms with Gasteiger partial charge in [0.15, 0.2) is 0 Å². The Bertz CT molecular complexity index is 1010. The lowest BCUT2D eigenvalue weighted by Crippen LogP contribution is -2.32. The van der Waals surface area contributed by atoms with Crippen molar-refractivity contribution in [1.82, 2.24) is 4.57 Å². The van der Waals surface area contributed by atoms with Crippen LogP contribution in [0.3, 0.4) is 0 Å². The molecule has 0 radical (unpaired) electrons. The van der Waals surface area contributed by atoms with Gasteiger partial charge < -0.3 is 15.4 Å². The van der Waals surface area contributed by atoms with Crippen molar-refractivity contribution in [2.24, 2.45) is 12.8 Å². The van der Waals surface area contributed by atoms with Crippen LogP contribution >= 0.6 is 0 Å². The molecular formula is C19H19N3O4. The van der Waals surface area contributed by atoms with Crippen molar-refractivity contribution in [3.8, 4) is 11.1 Å². The Hall–Kier alpha value is -3.19. The number of nitro groups is 1. The monoisotopic (exact) mass is 353 g/mol. The van der Waals surface area contributed by atoms with E-state index < -0.39 is 16.9 Å². The van der Waals surface area contributed by atoms with Gasteiger partial charge in [0, 0.05) is 30.6 Å². The third-order valence-corrected chi connectivity index (χ3v) is 4.76. The van der Waals surface area contributed by atoms with E-state index in [0.717, 1.165) is 22.4 Å². The third-order valence-electron chi connectivity index (χ3n) is 4.76. The van der Waals surface area contributed by atoms with Crippen molar-refractivity contribution in [2.45, 2.75) is 19.4 Å². The van der Waals surface area contributed by atoms with Gasteiger partial charge in [0.2, 0.25) is 0 Å². The lowest BCUT2D eigenvalue weighted by molar-refractivity contribution is -0.383. The summed E-state index contributed by atoms with van der Waals surface area (Å²) in [6.45, 7) is 1.82. The quantitative estimate of drug-likeness (QED) is 0.541. The molecule has 1 atom stereocenters. The number of hydrogen-bond donors (Lipinski definition) is 2. The number of rotatable bonds is 5. The first-order valence-electron chi connectivity index (χ1n) is 8.12. The van der Waals surface area contributed by atoms with Crippen molar-refractivity contribution >= 4 is 22.6 Å². The fourth-order valence-electron chi connectivity index (χ4n) is 3.34. The molecule has 3 N–H and O–H groups in total. The van der Waals surface area contributed by atoms with Crippen molar-refractivity contribution in [1.29, 1.82) is 0 Å². The molecule has 1 unspecified atom stereocenters. The molecule has 0 saturated carbocycles. The summed E-state index contributed by atoms with van der Waals surface area (Å²) in [5, 5.41) is 21.4. The second-order valence-electron chi connectivity index (χ2n) is 6.25. The molecule has 0 saturated heterocycles. The number of hydrogen-bond acceptors (Lipinski definition) is 4. The minimum Gasteiger partial charge on any atom is -0.480 e. The van der Waals surface area contributed by atoms with Crippen molar-refractivity contribution in [2.75, 3.05) is 0 Å².